The van der Waals surface area contributed by atoms with E-state index in [0.717, 1.165) is 15.7 Å². The van der Waals surface area contributed by atoms with Crippen LogP contribution in [0.3, 0.4) is 0 Å². The maximum atomic E-state index is 12.1. The minimum Gasteiger partial charge on any atom is -0.494 e. The Morgan fingerprint density at radius 3 is 2.35 bits per heavy atom. The van der Waals surface area contributed by atoms with Crippen LogP contribution in [0.25, 0.3) is 5.69 Å². The summed E-state index contributed by atoms with van der Waals surface area (Å²) in [6.45, 7) is 5.33. The predicted molar refractivity (Wildman–Crippen MR) is 76.4 cm³/mol. The van der Waals surface area contributed by atoms with E-state index in [9.17, 15) is 14.7 Å². The van der Waals surface area contributed by atoms with Crippen molar-refractivity contribution in [1.29, 1.82) is 0 Å². The van der Waals surface area contributed by atoms with Gasteiger partial charge in [-0.1, -0.05) is 17.7 Å². The van der Waals surface area contributed by atoms with E-state index in [1.807, 2.05) is 26.0 Å². The van der Waals surface area contributed by atoms with Crippen molar-refractivity contribution in [3.8, 4) is 11.6 Å². The molecule has 0 spiro atoms. The topological polar surface area (TPSA) is 85.3 Å². The van der Waals surface area contributed by atoms with Crippen molar-refractivity contribution in [2.24, 2.45) is 5.73 Å². The Morgan fingerprint density at radius 2 is 1.80 bits per heavy atom. The number of aromatic nitrogens is 1. The molecule has 5 nitrogen and oxygen atoms in total. The molecule has 1 amide bonds. The van der Waals surface area contributed by atoms with Gasteiger partial charge >= 0.3 is 0 Å². The van der Waals surface area contributed by atoms with Gasteiger partial charge in [-0.15, -0.1) is 0 Å². The van der Waals surface area contributed by atoms with Crippen LogP contribution in [0.4, 0.5) is 0 Å². The zero-order valence-corrected chi connectivity index (χ0v) is 11.6. The van der Waals surface area contributed by atoms with Gasteiger partial charge in [0.25, 0.3) is 11.5 Å². The van der Waals surface area contributed by atoms with E-state index in [2.05, 4.69) is 0 Å². The molecule has 104 valence electrons. The molecule has 0 aliphatic carbocycles. The average molecular weight is 272 g/mol. The van der Waals surface area contributed by atoms with E-state index < -0.39 is 17.3 Å². The van der Waals surface area contributed by atoms with Crippen LogP contribution in [0.15, 0.2) is 29.1 Å². The number of hydrogen-bond acceptors (Lipinski definition) is 3. The van der Waals surface area contributed by atoms with Gasteiger partial charge in [0, 0.05) is 6.07 Å². The van der Waals surface area contributed by atoms with E-state index in [-0.39, 0.29) is 5.56 Å². The number of carbonyl (C=O) groups is 1. The molecule has 0 saturated carbocycles. The molecule has 0 atom stereocenters. The Balaban J connectivity index is 2.84. The van der Waals surface area contributed by atoms with E-state index in [1.165, 1.54) is 6.07 Å². The van der Waals surface area contributed by atoms with Crippen LogP contribution in [-0.2, 0) is 0 Å². The molecule has 2 aromatic rings. The average Bonchev–Trinajstić information content (AvgIpc) is 2.30. The second-order valence-electron chi connectivity index (χ2n) is 4.85. The third-order valence-corrected chi connectivity index (χ3v) is 3.23. The maximum absolute atomic E-state index is 12.1. The van der Waals surface area contributed by atoms with Gasteiger partial charge in [0.05, 0.1) is 5.69 Å². The van der Waals surface area contributed by atoms with Crippen LogP contribution >= 0.6 is 0 Å². The standard InChI is InChI=1S/C15H16N2O3/c1-8-4-5-11(9(2)6-8)17-12(18)7-10(3)13(14(16)19)15(17)20/h4-7,20H,1-3H3,(H2,16,19). The Kier molecular flexibility index (Phi) is 3.36. The highest BCUT2D eigenvalue weighted by molar-refractivity contribution is 5.96. The molecule has 2 rings (SSSR count). The smallest absolute Gasteiger partial charge is 0.258 e. The van der Waals surface area contributed by atoms with Crippen LogP contribution < -0.4 is 11.3 Å². The van der Waals surface area contributed by atoms with Crippen molar-refractivity contribution < 1.29 is 9.90 Å². The number of primary amides is 1. The summed E-state index contributed by atoms with van der Waals surface area (Å²) in [6.07, 6.45) is 0. The first kappa shape index (κ1) is 13.9. The van der Waals surface area contributed by atoms with Crippen molar-refractivity contribution in [3.63, 3.8) is 0 Å². The summed E-state index contributed by atoms with van der Waals surface area (Å²) in [5.74, 6) is -1.19. The number of aromatic hydroxyl groups is 1. The van der Waals surface area contributed by atoms with Crippen molar-refractivity contribution in [2.45, 2.75) is 20.8 Å². The van der Waals surface area contributed by atoms with Gasteiger partial charge in [-0.25, -0.2) is 4.57 Å². The molecule has 0 fully saturated rings. The van der Waals surface area contributed by atoms with Crippen molar-refractivity contribution in [3.05, 3.63) is 56.9 Å². The highest BCUT2D eigenvalue weighted by atomic mass is 16.3. The monoisotopic (exact) mass is 272 g/mol. The summed E-state index contributed by atoms with van der Waals surface area (Å²) >= 11 is 0. The lowest BCUT2D eigenvalue weighted by atomic mass is 10.1. The van der Waals surface area contributed by atoms with E-state index in [4.69, 9.17) is 5.73 Å². The zero-order chi connectivity index (χ0) is 15.0. The molecule has 20 heavy (non-hydrogen) atoms. The highest BCUT2D eigenvalue weighted by Crippen LogP contribution is 2.24. The van der Waals surface area contributed by atoms with Crippen LogP contribution in [0, 0.1) is 20.8 Å². The lowest BCUT2D eigenvalue weighted by Gasteiger charge is -2.15. The summed E-state index contributed by atoms with van der Waals surface area (Å²) < 4.78 is 1.10. The second kappa shape index (κ2) is 4.85. The maximum Gasteiger partial charge on any atom is 0.258 e. The lowest BCUT2D eigenvalue weighted by molar-refractivity contribution is 0.0996. The summed E-state index contributed by atoms with van der Waals surface area (Å²) in [5, 5.41) is 10.2. The molecular formula is C15H16N2O3. The first-order valence-electron chi connectivity index (χ1n) is 6.16. The second-order valence-corrected chi connectivity index (χ2v) is 4.85. The number of rotatable bonds is 2. The molecule has 1 aromatic heterocycles. The van der Waals surface area contributed by atoms with Crippen molar-refractivity contribution in [1.82, 2.24) is 4.57 Å². The minimum absolute atomic E-state index is 0.0374. The molecule has 0 unspecified atom stereocenters. The Morgan fingerprint density at radius 1 is 1.15 bits per heavy atom. The Hall–Kier alpha value is -2.56. The number of benzene rings is 1. The fraction of sp³-hybridized carbons (Fsp3) is 0.200. The minimum atomic E-state index is -0.765. The summed E-state index contributed by atoms with van der Waals surface area (Å²) in [7, 11) is 0. The van der Waals surface area contributed by atoms with Crippen molar-refractivity contribution in [2.75, 3.05) is 0 Å². The number of aryl methyl sites for hydroxylation is 3. The van der Waals surface area contributed by atoms with E-state index in [0.29, 0.717) is 11.3 Å². The number of carbonyl (C=O) groups excluding carboxylic acids is 1. The summed E-state index contributed by atoms with van der Waals surface area (Å²) in [4.78, 5) is 23.5. The molecular weight excluding hydrogens is 256 g/mol. The molecule has 3 N–H and O–H groups in total. The molecule has 1 aromatic carbocycles. The molecule has 0 bridgehead atoms. The number of nitrogens with zero attached hydrogens (tertiary/aromatic N) is 1. The van der Waals surface area contributed by atoms with Gasteiger partial charge in [-0.05, 0) is 38.0 Å². The van der Waals surface area contributed by atoms with Crippen LogP contribution in [-0.4, -0.2) is 15.6 Å². The zero-order valence-electron chi connectivity index (χ0n) is 11.6. The van der Waals surface area contributed by atoms with Crippen LogP contribution in [0.1, 0.15) is 27.0 Å². The van der Waals surface area contributed by atoms with Gasteiger partial charge in [0.15, 0.2) is 0 Å². The molecule has 0 aliphatic rings. The van der Waals surface area contributed by atoms with Crippen LogP contribution in [0.2, 0.25) is 0 Å². The molecule has 0 saturated heterocycles. The third-order valence-electron chi connectivity index (χ3n) is 3.23. The number of hydrogen-bond donors (Lipinski definition) is 2. The fourth-order valence-electron chi connectivity index (χ4n) is 2.31. The largest absolute Gasteiger partial charge is 0.494 e. The lowest BCUT2D eigenvalue weighted by Crippen LogP contribution is -2.24. The number of pyridine rings is 1. The normalized spacial score (nSPS) is 10.6. The predicted octanol–water partition coefficient (Wildman–Crippen LogP) is 1.57. The van der Waals surface area contributed by atoms with Gasteiger partial charge < -0.3 is 10.8 Å². The molecule has 5 heteroatoms. The van der Waals surface area contributed by atoms with Gasteiger partial charge in [-0.3, -0.25) is 9.59 Å². The molecule has 1 heterocycles. The third kappa shape index (κ3) is 2.18. The molecule has 0 radical (unpaired) electrons. The van der Waals surface area contributed by atoms with Crippen LogP contribution in [0.5, 0.6) is 5.88 Å². The number of nitrogens with two attached hydrogens (primary N) is 1. The fourth-order valence-corrected chi connectivity index (χ4v) is 2.31. The van der Waals surface area contributed by atoms with Gasteiger partial charge in [-0.2, -0.15) is 0 Å². The van der Waals surface area contributed by atoms with E-state index >= 15 is 0 Å². The van der Waals surface area contributed by atoms with Gasteiger partial charge in [0.1, 0.15) is 5.56 Å². The first-order valence-corrected chi connectivity index (χ1v) is 6.16. The Bertz CT molecular complexity index is 760. The number of amides is 1. The SMILES string of the molecule is Cc1ccc(-n2c(O)c(C(N)=O)c(C)cc2=O)c(C)c1. The van der Waals surface area contributed by atoms with E-state index in [1.54, 1.807) is 13.0 Å². The molecule has 0 aliphatic heterocycles. The van der Waals surface area contributed by atoms with Gasteiger partial charge in [0.2, 0.25) is 5.88 Å². The van der Waals surface area contributed by atoms with Crippen molar-refractivity contribution >= 4 is 5.91 Å². The summed E-state index contributed by atoms with van der Waals surface area (Å²) in [5.41, 5.74) is 7.57. The summed E-state index contributed by atoms with van der Waals surface area (Å²) in [6, 6.07) is 6.74. The quantitative estimate of drug-likeness (QED) is 0.870. The Labute approximate surface area is 116 Å². The first-order chi connectivity index (χ1) is 9.32. The highest BCUT2D eigenvalue weighted by Gasteiger charge is 2.18.